The van der Waals surface area contributed by atoms with Crippen LogP contribution in [0.1, 0.15) is 41.6 Å². The van der Waals surface area contributed by atoms with Gasteiger partial charge in [0.1, 0.15) is 0 Å². The molecule has 2 heterocycles. The summed E-state index contributed by atoms with van der Waals surface area (Å²) in [6.07, 6.45) is 1.46. The number of aromatic amines is 1. The minimum absolute atomic E-state index is 0.0177. The van der Waals surface area contributed by atoms with E-state index in [1.807, 2.05) is 32.0 Å². The van der Waals surface area contributed by atoms with Crippen LogP contribution in [-0.4, -0.2) is 34.8 Å². The van der Waals surface area contributed by atoms with Crippen LogP contribution >= 0.6 is 0 Å². The molecule has 6 heteroatoms. The van der Waals surface area contributed by atoms with E-state index in [0.717, 1.165) is 27.4 Å². The van der Waals surface area contributed by atoms with Crippen molar-refractivity contribution in [2.75, 3.05) is 13.7 Å². The van der Waals surface area contributed by atoms with Gasteiger partial charge < -0.3 is 19.6 Å². The van der Waals surface area contributed by atoms with Crippen molar-refractivity contribution in [3.05, 3.63) is 41.2 Å². The van der Waals surface area contributed by atoms with E-state index in [-0.39, 0.29) is 18.4 Å². The summed E-state index contributed by atoms with van der Waals surface area (Å²) in [5.74, 6) is -1.06. The highest BCUT2D eigenvalue weighted by atomic mass is 16.5. The number of carboxylic acid groups (broad SMARTS) is 1. The summed E-state index contributed by atoms with van der Waals surface area (Å²) in [5.41, 5.74) is 3.32. The van der Waals surface area contributed by atoms with Gasteiger partial charge in [-0.3, -0.25) is 0 Å². The van der Waals surface area contributed by atoms with Crippen molar-refractivity contribution in [2.24, 2.45) is 0 Å². The van der Waals surface area contributed by atoms with Gasteiger partial charge in [0.2, 0.25) is 0 Å². The van der Waals surface area contributed by atoms with Crippen molar-refractivity contribution >= 4 is 27.8 Å². The SMILES string of the molecule is CCOC(C)c1cccc2[nH]c3cnc(C(=O)O)c(COC)c3c12. The van der Waals surface area contributed by atoms with Crippen LogP contribution in [-0.2, 0) is 16.1 Å². The average molecular weight is 328 g/mol. The first kappa shape index (κ1) is 16.4. The molecule has 0 bridgehead atoms. The van der Waals surface area contributed by atoms with Gasteiger partial charge >= 0.3 is 5.97 Å². The molecular weight excluding hydrogens is 308 g/mol. The summed E-state index contributed by atoms with van der Waals surface area (Å²) >= 11 is 0. The van der Waals surface area contributed by atoms with Gasteiger partial charge in [0.25, 0.3) is 0 Å². The van der Waals surface area contributed by atoms with Crippen molar-refractivity contribution in [3.8, 4) is 0 Å². The monoisotopic (exact) mass is 328 g/mol. The maximum Gasteiger partial charge on any atom is 0.354 e. The Morgan fingerprint density at radius 3 is 2.79 bits per heavy atom. The molecule has 0 saturated carbocycles. The Hall–Kier alpha value is -2.44. The molecule has 0 fully saturated rings. The van der Waals surface area contributed by atoms with Gasteiger partial charge in [-0.2, -0.15) is 0 Å². The Balaban J connectivity index is 2.40. The highest BCUT2D eigenvalue weighted by Gasteiger charge is 2.21. The second-order valence-electron chi connectivity index (χ2n) is 5.60. The molecule has 3 aromatic rings. The van der Waals surface area contributed by atoms with E-state index in [0.29, 0.717) is 12.2 Å². The smallest absolute Gasteiger partial charge is 0.354 e. The number of pyridine rings is 1. The molecular formula is C18H20N2O4. The molecule has 0 spiro atoms. The predicted molar refractivity (Wildman–Crippen MR) is 91.3 cm³/mol. The predicted octanol–water partition coefficient (Wildman–Crippen LogP) is 3.66. The third kappa shape index (κ3) is 2.64. The Kier molecular flexibility index (Phi) is 4.51. The lowest BCUT2D eigenvalue weighted by Gasteiger charge is -2.14. The number of aromatic carboxylic acids is 1. The number of ether oxygens (including phenoxy) is 2. The molecule has 3 rings (SSSR count). The number of rotatable bonds is 6. The zero-order valence-electron chi connectivity index (χ0n) is 13.9. The molecule has 2 N–H and O–H groups in total. The summed E-state index contributed by atoms with van der Waals surface area (Å²) < 4.78 is 11.0. The van der Waals surface area contributed by atoms with Crippen LogP contribution in [0, 0.1) is 0 Å². The summed E-state index contributed by atoms with van der Waals surface area (Å²) in [7, 11) is 1.54. The number of hydrogen-bond donors (Lipinski definition) is 2. The number of carboxylic acids is 1. The van der Waals surface area contributed by atoms with Crippen molar-refractivity contribution in [3.63, 3.8) is 0 Å². The number of benzene rings is 1. The maximum absolute atomic E-state index is 11.6. The topological polar surface area (TPSA) is 84.4 Å². The molecule has 0 saturated heterocycles. The summed E-state index contributed by atoms with van der Waals surface area (Å²) in [6.45, 7) is 4.73. The van der Waals surface area contributed by atoms with Gasteiger partial charge in [0.15, 0.2) is 5.69 Å². The van der Waals surface area contributed by atoms with Crippen molar-refractivity contribution in [1.29, 1.82) is 0 Å². The second kappa shape index (κ2) is 6.59. The first-order valence-corrected chi connectivity index (χ1v) is 7.84. The number of methoxy groups -OCH3 is 1. The fourth-order valence-electron chi connectivity index (χ4n) is 3.18. The number of hydrogen-bond acceptors (Lipinski definition) is 4. The third-order valence-electron chi connectivity index (χ3n) is 4.14. The van der Waals surface area contributed by atoms with Gasteiger partial charge in [0, 0.05) is 35.6 Å². The van der Waals surface area contributed by atoms with Gasteiger partial charge in [-0.15, -0.1) is 0 Å². The number of carbonyl (C=O) groups is 1. The molecule has 1 unspecified atom stereocenters. The molecule has 0 aliphatic heterocycles. The van der Waals surface area contributed by atoms with E-state index in [1.165, 1.54) is 0 Å². The van der Waals surface area contributed by atoms with E-state index >= 15 is 0 Å². The molecule has 1 atom stereocenters. The Morgan fingerprint density at radius 2 is 2.12 bits per heavy atom. The number of fused-ring (bicyclic) bond motifs is 3. The maximum atomic E-state index is 11.6. The molecule has 6 nitrogen and oxygen atoms in total. The van der Waals surface area contributed by atoms with Crippen molar-refractivity contribution in [1.82, 2.24) is 9.97 Å². The van der Waals surface area contributed by atoms with Gasteiger partial charge in [-0.1, -0.05) is 12.1 Å². The van der Waals surface area contributed by atoms with Crippen LogP contribution < -0.4 is 0 Å². The highest BCUT2D eigenvalue weighted by Crippen LogP contribution is 2.35. The molecule has 0 amide bonds. The van der Waals surface area contributed by atoms with E-state index in [1.54, 1.807) is 13.3 Å². The Morgan fingerprint density at radius 1 is 1.33 bits per heavy atom. The zero-order chi connectivity index (χ0) is 17.3. The molecule has 0 radical (unpaired) electrons. The Bertz CT molecular complexity index is 901. The van der Waals surface area contributed by atoms with E-state index < -0.39 is 5.97 Å². The van der Waals surface area contributed by atoms with Gasteiger partial charge in [0.05, 0.1) is 24.4 Å². The van der Waals surface area contributed by atoms with Crippen molar-refractivity contribution in [2.45, 2.75) is 26.6 Å². The van der Waals surface area contributed by atoms with Crippen LogP contribution in [0.3, 0.4) is 0 Å². The normalized spacial score (nSPS) is 12.8. The second-order valence-corrected chi connectivity index (χ2v) is 5.60. The summed E-state index contributed by atoms with van der Waals surface area (Å²) in [6, 6.07) is 5.94. The highest BCUT2D eigenvalue weighted by molar-refractivity contribution is 6.12. The quantitative estimate of drug-likeness (QED) is 0.721. The number of aromatic nitrogens is 2. The average Bonchev–Trinajstić information content (AvgIpc) is 2.94. The molecule has 0 aliphatic carbocycles. The minimum atomic E-state index is -1.06. The largest absolute Gasteiger partial charge is 0.477 e. The minimum Gasteiger partial charge on any atom is -0.477 e. The van der Waals surface area contributed by atoms with Crippen LogP contribution in [0.5, 0.6) is 0 Å². The molecule has 126 valence electrons. The lowest BCUT2D eigenvalue weighted by molar-refractivity contribution is 0.0685. The van der Waals surface area contributed by atoms with Crippen LogP contribution in [0.15, 0.2) is 24.4 Å². The number of H-pyrrole nitrogens is 1. The molecule has 0 aliphatic rings. The lowest BCUT2D eigenvalue weighted by Crippen LogP contribution is -2.07. The third-order valence-corrected chi connectivity index (χ3v) is 4.14. The standard InChI is InChI=1S/C18H20N2O4/c1-4-24-10(2)11-6-5-7-13-15(11)16-12(9-23-3)17(18(21)22)19-8-14(16)20-13/h5-8,10,20H,4,9H2,1-3H3,(H,21,22). The van der Waals surface area contributed by atoms with Crippen LogP contribution in [0.25, 0.3) is 21.8 Å². The van der Waals surface area contributed by atoms with Gasteiger partial charge in [-0.25, -0.2) is 9.78 Å². The summed E-state index contributed by atoms with van der Waals surface area (Å²) in [5, 5.41) is 11.3. The number of nitrogens with one attached hydrogen (secondary N) is 1. The zero-order valence-corrected chi connectivity index (χ0v) is 13.9. The summed E-state index contributed by atoms with van der Waals surface area (Å²) in [4.78, 5) is 19.0. The van der Waals surface area contributed by atoms with E-state index in [2.05, 4.69) is 9.97 Å². The van der Waals surface area contributed by atoms with E-state index in [4.69, 9.17) is 9.47 Å². The Labute approximate surface area is 139 Å². The lowest BCUT2D eigenvalue weighted by atomic mass is 9.99. The molecule has 24 heavy (non-hydrogen) atoms. The van der Waals surface area contributed by atoms with Gasteiger partial charge in [-0.05, 0) is 25.5 Å². The van der Waals surface area contributed by atoms with Crippen molar-refractivity contribution < 1.29 is 19.4 Å². The fraction of sp³-hybridized carbons (Fsp3) is 0.333. The number of nitrogens with zero attached hydrogens (tertiary/aromatic N) is 1. The fourth-order valence-corrected chi connectivity index (χ4v) is 3.18. The molecule has 1 aromatic carbocycles. The van der Waals surface area contributed by atoms with Crippen LogP contribution in [0.2, 0.25) is 0 Å². The van der Waals surface area contributed by atoms with Crippen LogP contribution in [0.4, 0.5) is 0 Å². The van der Waals surface area contributed by atoms with E-state index in [9.17, 15) is 9.90 Å². The molecule has 2 aromatic heterocycles. The first-order valence-electron chi connectivity index (χ1n) is 7.84. The first-order chi connectivity index (χ1) is 11.6.